The van der Waals surface area contributed by atoms with Crippen molar-refractivity contribution in [3.8, 4) is 11.5 Å². The maximum absolute atomic E-state index is 14.6. The molecule has 0 saturated carbocycles. The maximum Gasteiger partial charge on any atom is 0.339 e. The average molecular weight is 1180 g/mol. The number of carboxylic acids is 2. The molecule has 5 amide bonds. The third-order valence-corrected chi connectivity index (χ3v) is 17.3. The van der Waals surface area contributed by atoms with Gasteiger partial charge in [-0.15, -0.1) is 11.3 Å². The SMILES string of the molecule is NC(=O)C1(NC(=O)[C@H](Cc2ccccc2)NC(=O)[C@@H](Cc2c[nH]c3ccccc23)NC(=O)[C@@H](Cc2csc3ccccc23)NC(=O)C2CCNCC2)CCNCC1.O=C(O)c1cc2ccccc2c(Cc2c(O)c(C(=O)O)cc3ccccc23)c1O. The molecule has 2 fully saturated rings. The van der Waals surface area contributed by atoms with Crippen LogP contribution in [0.1, 0.15) is 74.2 Å². The van der Waals surface area contributed by atoms with Gasteiger partial charge in [0.05, 0.1) is 0 Å². The summed E-state index contributed by atoms with van der Waals surface area (Å²) in [5.41, 5.74) is 8.07. The van der Waals surface area contributed by atoms with Crippen molar-refractivity contribution < 1.29 is 54.0 Å². The number of nitrogens with two attached hydrogens (primary N) is 1. The zero-order valence-electron chi connectivity index (χ0n) is 46.9. The van der Waals surface area contributed by atoms with Crippen LogP contribution in [-0.2, 0) is 49.7 Å². The number of hydrogen-bond acceptors (Lipinski definition) is 12. The summed E-state index contributed by atoms with van der Waals surface area (Å²) in [6.45, 7) is 2.42. The smallest absolute Gasteiger partial charge is 0.339 e. The summed E-state index contributed by atoms with van der Waals surface area (Å²) in [5.74, 6) is -6.09. The first-order chi connectivity index (χ1) is 41.6. The molecule has 0 bridgehead atoms. The van der Waals surface area contributed by atoms with E-state index in [0.29, 0.717) is 84.5 Å². The van der Waals surface area contributed by atoms with Crippen molar-refractivity contribution in [3.05, 3.63) is 190 Å². The molecule has 0 unspecified atom stereocenters. The largest absolute Gasteiger partial charge is 0.507 e. The van der Waals surface area contributed by atoms with Gasteiger partial charge in [-0.25, -0.2) is 9.59 Å². The van der Waals surface area contributed by atoms with E-state index in [1.165, 1.54) is 12.1 Å². The lowest BCUT2D eigenvalue weighted by atomic mass is 9.87. The number of aromatic nitrogens is 1. The zero-order valence-corrected chi connectivity index (χ0v) is 47.7. The van der Waals surface area contributed by atoms with Gasteiger partial charge in [0.15, 0.2) is 0 Å². The van der Waals surface area contributed by atoms with Gasteiger partial charge >= 0.3 is 11.9 Å². The number of thiophene rings is 1. The van der Waals surface area contributed by atoms with Crippen molar-refractivity contribution >= 4 is 95.3 Å². The minimum Gasteiger partial charge on any atom is -0.507 e. The fourth-order valence-electron chi connectivity index (χ4n) is 11.6. The summed E-state index contributed by atoms with van der Waals surface area (Å²) >= 11 is 1.57. The maximum atomic E-state index is 14.6. The number of aromatic hydroxyl groups is 2. The summed E-state index contributed by atoms with van der Waals surface area (Å²) < 4.78 is 1.07. The number of hydrogen-bond donors (Lipinski definition) is 12. The third-order valence-electron chi connectivity index (χ3n) is 16.3. The number of para-hydroxylation sites is 1. The highest BCUT2D eigenvalue weighted by molar-refractivity contribution is 7.17. The highest BCUT2D eigenvalue weighted by atomic mass is 32.1. The highest BCUT2D eigenvalue weighted by Gasteiger charge is 2.42. The molecule has 3 atom stereocenters. The summed E-state index contributed by atoms with van der Waals surface area (Å²) in [7, 11) is 0. The first-order valence-corrected chi connectivity index (χ1v) is 29.4. The van der Waals surface area contributed by atoms with Gasteiger partial charge in [0.25, 0.3) is 0 Å². The second kappa shape index (κ2) is 26.5. The first kappa shape index (κ1) is 59.5. The van der Waals surface area contributed by atoms with Crippen LogP contribution < -0.4 is 37.6 Å². The zero-order chi connectivity index (χ0) is 60.5. The van der Waals surface area contributed by atoms with Crippen LogP contribution in [0.25, 0.3) is 42.5 Å². The lowest BCUT2D eigenvalue weighted by molar-refractivity contribution is -0.136. The average Bonchev–Trinajstić information content (AvgIpc) is 1.56. The Morgan fingerprint density at radius 1 is 0.570 bits per heavy atom. The molecule has 0 radical (unpaired) electrons. The van der Waals surface area contributed by atoms with Gasteiger partial charge in [-0.05, 0) is 125 Å². The van der Waals surface area contributed by atoms with Crippen molar-refractivity contribution in [1.29, 1.82) is 0 Å². The molecule has 13 N–H and O–H groups in total. The second-order valence-electron chi connectivity index (χ2n) is 21.8. The van der Waals surface area contributed by atoms with Crippen LogP contribution in [0.15, 0.2) is 151 Å². The van der Waals surface area contributed by atoms with Gasteiger partial charge in [0, 0.05) is 64.5 Å². The predicted molar refractivity (Wildman–Crippen MR) is 329 cm³/mol. The molecule has 9 aromatic rings. The molecule has 86 heavy (non-hydrogen) atoms. The number of phenols is 2. The molecule has 2 aliphatic rings. The van der Waals surface area contributed by atoms with Crippen molar-refractivity contribution in [2.24, 2.45) is 11.7 Å². The molecule has 0 aliphatic carbocycles. The normalized spacial score (nSPS) is 15.2. The number of benzene rings is 7. The number of primary amides is 1. The predicted octanol–water partition coefficient (Wildman–Crippen LogP) is 6.98. The van der Waals surface area contributed by atoms with Gasteiger partial charge in [0.1, 0.15) is 46.3 Å². The Bertz CT molecular complexity index is 3920. The molecule has 20 heteroatoms. The Balaban J connectivity index is 0.000000236. The van der Waals surface area contributed by atoms with Crippen molar-refractivity contribution in [3.63, 3.8) is 0 Å². The highest BCUT2D eigenvalue weighted by Crippen LogP contribution is 2.39. The van der Waals surface area contributed by atoms with E-state index in [1.807, 2.05) is 90.4 Å². The Kier molecular flexibility index (Phi) is 18.4. The van der Waals surface area contributed by atoms with E-state index in [2.05, 4.69) is 36.9 Å². The van der Waals surface area contributed by atoms with E-state index in [0.717, 1.165) is 37.7 Å². The second-order valence-corrected chi connectivity index (χ2v) is 22.8. The van der Waals surface area contributed by atoms with Gasteiger partial charge in [-0.2, -0.15) is 0 Å². The molecule has 11 rings (SSSR count). The molecule has 2 saturated heterocycles. The van der Waals surface area contributed by atoms with E-state index in [1.54, 1.807) is 59.9 Å². The fourth-order valence-corrected chi connectivity index (χ4v) is 12.6. The van der Waals surface area contributed by atoms with E-state index in [9.17, 15) is 54.0 Å². The molecule has 4 heterocycles. The Morgan fingerprint density at radius 3 is 1.66 bits per heavy atom. The Morgan fingerprint density at radius 2 is 1.07 bits per heavy atom. The van der Waals surface area contributed by atoms with Crippen LogP contribution >= 0.6 is 11.3 Å². The number of piperidine rings is 2. The number of carboxylic acid groups (broad SMARTS) is 2. The Labute approximate surface area is 498 Å². The van der Waals surface area contributed by atoms with Gasteiger partial charge in [0.2, 0.25) is 29.5 Å². The lowest BCUT2D eigenvalue weighted by Crippen LogP contribution is -2.65. The minimum atomic E-state index is -1.28. The number of fused-ring (bicyclic) bond motifs is 4. The van der Waals surface area contributed by atoms with Gasteiger partial charge in [-0.3, -0.25) is 24.0 Å². The molecule has 0 spiro atoms. The minimum absolute atomic E-state index is 0.0407. The van der Waals surface area contributed by atoms with Crippen LogP contribution in [0.5, 0.6) is 11.5 Å². The fraction of sp³-hybridized carbons (Fsp3) is 0.258. The molecular weight excluding hydrogens is 1110 g/mol. The van der Waals surface area contributed by atoms with Gasteiger partial charge < -0.3 is 63.0 Å². The topological polar surface area (TPSA) is 314 Å². The molecule has 442 valence electrons. The van der Waals surface area contributed by atoms with Crippen LogP contribution in [-0.4, -0.2) is 117 Å². The number of H-pyrrole nitrogens is 1. The number of carbonyl (C=O) groups excluding carboxylic acids is 5. The van der Waals surface area contributed by atoms with Crippen LogP contribution in [0.4, 0.5) is 0 Å². The molecule has 2 aromatic heterocycles. The molecular formula is C66H66N8O11S. The van der Waals surface area contributed by atoms with Gasteiger partial charge in [-0.1, -0.05) is 115 Å². The number of nitrogens with one attached hydrogen (secondary N) is 7. The summed E-state index contributed by atoms with van der Waals surface area (Å²) in [6, 6.07) is 38.4. The standard InChI is InChI=1S/C43H50N8O5S.C23H16O6/c44-42(56)43(16-20-46-21-17-43)51-41(55)34(22-27-8-2-1-3-9-27)49-39(53)35(23-29-25-47-33-12-6-4-10-31(29)33)50-40(54)36(48-38(52)28-14-18-45-19-15-28)24-30-26-57-37-13-7-5-11-32(30)37;24-20-16(14-7-3-1-5-12(14)9-18(20)22(26)27)11-17-15-8-4-2-6-13(15)10-19(21(17)25)23(28)29/h1-13,25-26,28,34-36,45-47H,14-24H2,(H2,44,56)(H,48,52)(H,49,53)(H,50,54)(H,51,55);1-10,24-25H,11H2,(H,26,27)(H,28,29)/t34-,35+,36+;/m0./s1. The third kappa shape index (κ3) is 13.3. The van der Waals surface area contributed by atoms with E-state index >= 15 is 0 Å². The summed E-state index contributed by atoms with van der Waals surface area (Å²) in [5, 5.41) is 65.1. The summed E-state index contributed by atoms with van der Waals surface area (Å²) in [6.07, 6.45) is 4.14. The van der Waals surface area contributed by atoms with E-state index in [4.69, 9.17) is 5.73 Å². The number of carbonyl (C=O) groups is 7. The molecule has 19 nitrogen and oxygen atoms in total. The first-order valence-electron chi connectivity index (χ1n) is 28.5. The number of aromatic amines is 1. The van der Waals surface area contributed by atoms with Crippen LogP contribution in [0.3, 0.4) is 0 Å². The quantitative estimate of drug-likeness (QED) is 0.0389. The summed E-state index contributed by atoms with van der Waals surface area (Å²) in [4.78, 5) is 96.3. The van der Waals surface area contributed by atoms with Crippen molar-refractivity contribution in [1.82, 2.24) is 36.9 Å². The number of aromatic carboxylic acids is 2. The number of rotatable bonds is 19. The van der Waals surface area contributed by atoms with Crippen LogP contribution in [0, 0.1) is 5.92 Å². The van der Waals surface area contributed by atoms with Crippen molar-refractivity contribution in [2.75, 3.05) is 26.2 Å². The van der Waals surface area contributed by atoms with E-state index < -0.39 is 70.7 Å². The Hall–Kier alpha value is -9.63. The molecule has 2 aliphatic heterocycles. The lowest BCUT2D eigenvalue weighted by Gasteiger charge is -2.36. The van der Waals surface area contributed by atoms with E-state index in [-0.39, 0.29) is 48.6 Å². The van der Waals surface area contributed by atoms with Crippen LogP contribution in [0.2, 0.25) is 0 Å². The monoisotopic (exact) mass is 1180 g/mol. The van der Waals surface area contributed by atoms with Crippen molar-refractivity contribution in [2.45, 2.75) is 75.0 Å². The molecule has 7 aromatic carbocycles. The number of amides is 5.